The molecule has 1 aromatic heterocycles. The Kier molecular flexibility index (Phi) is 3.64. The Morgan fingerprint density at radius 1 is 1.38 bits per heavy atom. The van der Waals surface area contributed by atoms with Crippen LogP contribution < -0.4 is 10.1 Å². The lowest BCUT2D eigenvalue weighted by molar-refractivity contribution is 0.0931. The number of aromatic amines is 1. The number of aryl methyl sites for hydroxylation is 1. The van der Waals surface area contributed by atoms with Gasteiger partial charge in [0.1, 0.15) is 5.75 Å². The van der Waals surface area contributed by atoms with Crippen LogP contribution in [0.1, 0.15) is 40.5 Å². The van der Waals surface area contributed by atoms with Gasteiger partial charge in [0, 0.05) is 5.69 Å². The molecular formula is C16H19N3O2. The van der Waals surface area contributed by atoms with E-state index in [4.69, 9.17) is 4.74 Å². The molecule has 5 heteroatoms. The Hall–Kier alpha value is -2.30. The fraction of sp³-hybridized carbons (Fsp3) is 0.375. The molecule has 5 nitrogen and oxygen atoms in total. The molecule has 2 N–H and O–H groups in total. The molecule has 1 aliphatic carbocycles. The largest absolute Gasteiger partial charge is 0.497 e. The van der Waals surface area contributed by atoms with Crippen molar-refractivity contribution in [3.8, 4) is 5.75 Å². The normalized spacial score (nSPS) is 15.5. The number of ether oxygens (including phenoxy) is 1. The van der Waals surface area contributed by atoms with Gasteiger partial charge in [0.25, 0.3) is 5.91 Å². The number of rotatable bonds is 5. The summed E-state index contributed by atoms with van der Waals surface area (Å²) in [6, 6.07) is 7.95. The summed E-state index contributed by atoms with van der Waals surface area (Å²) in [6.07, 6.45) is 3.88. The van der Waals surface area contributed by atoms with E-state index in [1.54, 1.807) is 13.3 Å². The number of hydrogen-bond acceptors (Lipinski definition) is 3. The zero-order valence-electron chi connectivity index (χ0n) is 12.2. The number of hydrogen-bond donors (Lipinski definition) is 2. The maximum Gasteiger partial charge on any atom is 0.255 e. The Labute approximate surface area is 123 Å². The highest BCUT2D eigenvalue weighted by atomic mass is 16.5. The van der Waals surface area contributed by atoms with Crippen LogP contribution in [0, 0.1) is 12.8 Å². The van der Waals surface area contributed by atoms with Gasteiger partial charge in [-0.05, 0) is 43.4 Å². The number of carbonyl (C=O) groups is 1. The minimum atomic E-state index is -0.0750. The first-order valence-electron chi connectivity index (χ1n) is 7.14. The molecule has 0 saturated heterocycles. The van der Waals surface area contributed by atoms with Gasteiger partial charge >= 0.3 is 0 Å². The molecule has 3 rings (SSSR count). The number of aromatic nitrogens is 2. The number of methoxy groups -OCH3 is 1. The predicted molar refractivity (Wildman–Crippen MR) is 79.2 cm³/mol. The average Bonchev–Trinajstić information content (AvgIpc) is 3.26. The second kappa shape index (κ2) is 5.60. The lowest BCUT2D eigenvalue weighted by Gasteiger charge is -2.19. The van der Waals surface area contributed by atoms with Crippen molar-refractivity contribution in [2.75, 3.05) is 7.11 Å². The second-order valence-electron chi connectivity index (χ2n) is 5.47. The maximum atomic E-state index is 12.4. The van der Waals surface area contributed by atoms with Crippen LogP contribution in [0.5, 0.6) is 5.75 Å². The van der Waals surface area contributed by atoms with E-state index in [9.17, 15) is 4.79 Å². The van der Waals surface area contributed by atoms with E-state index >= 15 is 0 Å². The van der Waals surface area contributed by atoms with Crippen molar-refractivity contribution in [3.63, 3.8) is 0 Å². The number of amides is 1. The first-order valence-corrected chi connectivity index (χ1v) is 7.14. The fourth-order valence-electron chi connectivity index (χ4n) is 2.51. The van der Waals surface area contributed by atoms with E-state index in [0.717, 1.165) is 29.8 Å². The molecule has 0 radical (unpaired) electrons. The SMILES string of the molecule is COc1ccc(C(NC(=O)c2cn[nH]c2C)C2CC2)cc1. The smallest absolute Gasteiger partial charge is 0.255 e. The van der Waals surface area contributed by atoms with Crippen molar-refractivity contribution in [2.45, 2.75) is 25.8 Å². The summed E-state index contributed by atoms with van der Waals surface area (Å²) in [7, 11) is 1.65. The van der Waals surface area contributed by atoms with Crippen LogP contribution in [0.2, 0.25) is 0 Å². The molecule has 0 bridgehead atoms. The molecule has 21 heavy (non-hydrogen) atoms. The molecule has 1 aromatic carbocycles. The van der Waals surface area contributed by atoms with Gasteiger partial charge in [-0.2, -0.15) is 5.10 Å². The molecule has 1 fully saturated rings. The van der Waals surface area contributed by atoms with E-state index in [1.165, 1.54) is 0 Å². The van der Waals surface area contributed by atoms with E-state index in [1.807, 2.05) is 31.2 Å². The third kappa shape index (κ3) is 2.91. The van der Waals surface area contributed by atoms with E-state index < -0.39 is 0 Å². The van der Waals surface area contributed by atoms with E-state index in [0.29, 0.717) is 11.5 Å². The van der Waals surface area contributed by atoms with Crippen LogP contribution in [0.15, 0.2) is 30.5 Å². The summed E-state index contributed by atoms with van der Waals surface area (Å²) in [5.41, 5.74) is 2.51. The summed E-state index contributed by atoms with van der Waals surface area (Å²) in [6.45, 7) is 1.85. The van der Waals surface area contributed by atoms with E-state index in [-0.39, 0.29) is 11.9 Å². The van der Waals surface area contributed by atoms with Gasteiger partial charge in [0.2, 0.25) is 0 Å². The first kappa shape index (κ1) is 13.7. The maximum absolute atomic E-state index is 12.4. The predicted octanol–water partition coefficient (Wildman–Crippen LogP) is 2.61. The van der Waals surface area contributed by atoms with Crippen LogP contribution >= 0.6 is 0 Å². The first-order chi connectivity index (χ1) is 10.2. The van der Waals surface area contributed by atoms with Crippen molar-refractivity contribution in [1.29, 1.82) is 0 Å². The number of H-pyrrole nitrogens is 1. The lowest BCUT2D eigenvalue weighted by atomic mass is 10.0. The van der Waals surface area contributed by atoms with Crippen molar-refractivity contribution in [2.24, 2.45) is 5.92 Å². The molecule has 1 saturated carbocycles. The quantitative estimate of drug-likeness (QED) is 0.887. The van der Waals surface area contributed by atoms with Crippen molar-refractivity contribution >= 4 is 5.91 Å². The Bertz CT molecular complexity index is 629. The second-order valence-corrected chi connectivity index (χ2v) is 5.47. The third-order valence-corrected chi connectivity index (χ3v) is 3.93. The van der Waals surface area contributed by atoms with Crippen LogP contribution in [0.25, 0.3) is 0 Å². The Morgan fingerprint density at radius 2 is 2.10 bits per heavy atom. The van der Waals surface area contributed by atoms with Crippen LogP contribution in [0.3, 0.4) is 0 Å². The Balaban J connectivity index is 1.78. The fourth-order valence-corrected chi connectivity index (χ4v) is 2.51. The number of nitrogens with zero attached hydrogens (tertiary/aromatic N) is 1. The summed E-state index contributed by atoms with van der Waals surface area (Å²) in [5.74, 6) is 1.27. The number of nitrogens with one attached hydrogen (secondary N) is 2. The molecule has 1 amide bonds. The van der Waals surface area contributed by atoms with Crippen molar-refractivity contribution < 1.29 is 9.53 Å². The van der Waals surface area contributed by atoms with Gasteiger partial charge in [0.05, 0.1) is 24.9 Å². The third-order valence-electron chi connectivity index (χ3n) is 3.93. The summed E-state index contributed by atoms with van der Waals surface area (Å²) in [5, 5.41) is 9.83. The molecular weight excluding hydrogens is 266 g/mol. The van der Waals surface area contributed by atoms with Crippen LogP contribution in [0.4, 0.5) is 0 Å². The highest BCUT2D eigenvalue weighted by Crippen LogP contribution is 2.41. The highest BCUT2D eigenvalue weighted by molar-refractivity contribution is 5.95. The van der Waals surface area contributed by atoms with Crippen molar-refractivity contribution in [1.82, 2.24) is 15.5 Å². The summed E-state index contributed by atoms with van der Waals surface area (Å²) < 4.78 is 5.18. The molecule has 1 unspecified atom stereocenters. The minimum absolute atomic E-state index is 0.0534. The molecule has 1 atom stereocenters. The zero-order valence-corrected chi connectivity index (χ0v) is 12.2. The number of benzene rings is 1. The molecule has 1 aliphatic rings. The highest BCUT2D eigenvalue weighted by Gasteiger charge is 2.33. The zero-order chi connectivity index (χ0) is 14.8. The molecule has 2 aromatic rings. The van der Waals surface area contributed by atoms with Gasteiger partial charge < -0.3 is 10.1 Å². The lowest BCUT2D eigenvalue weighted by Crippen LogP contribution is -2.30. The number of carbonyl (C=O) groups excluding carboxylic acids is 1. The van der Waals surface area contributed by atoms with Gasteiger partial charge in [-0.25, -0.2) is 0 Å². The molecule has 1 heterocycles. The molecule has 0 aliphatic heterocycles. The van der Waals surface area contributed by atoms with E-state index in [2.05, 4.69) is 15.5 Å². The molecule has 110 valence electrons. The monoisotopic (exact) mass is 285 g/mol. The minimum Gasteiger partial charge on any atom is -0.497 e. The van der Waals surface area contributed by atoms with Gasteiger partial charge in [-0.3, -0.25) is 9.89 Å². The van der Waals surface area contributed by atoms with Crippen LogP contribution in [-0.4, -0.2) is 23.2 Å². The Morgan fingerprint density at radius 3 is 2.62 bits per heavy atom. The van der Waals surface area contributed by atoms with Crippen molar-refractivity contribution in [3.05, 3.63) is 47.3 Å². The summed E-state index contributed by atoms with van der Waals surface area (Å²) >= 11 is 0. The van der Waals surface area contributed by atoms with Gasteiger partial charge in [-0.15, -0.1) is 0 Å². The average molecular weight is 285 g/mol. The van der Waals surface area contributed by atoms with Gasteiger partial charge in [0.15, 0.2) is 0 Å². The van der Waals surface area contributed by atoms with Crippen LogP contribution in [-0.2, 0) is 0 Å². The molecule has 0 spiro atoms. The standard InChI is InChI=1S/C16H19N3O2/c1-10-14(9-17-19-10)16(20)18-15(11-3-4-11)12-5-7-13(21-2)8-6-12/h5-9,11,15H,3-4H2,1-2H3,(H,17,19)(H,18,20). The van der Waals surface area contributed by atoms with Gasteiger partial charge in [-0.1, -0.05) is 12.1 Å². The summed E-state index contributed by atoms with van der Waals surface area (Å²) in [4.78, 5) is 12.4. The topological polar surface area (TPSA) is 67.0 Å².